The molecule has 0 unspecified atom stereocenters. The quantitative estimate of drug-likeness (QED) is 0.796. The van der Waals surface area contributed by atoms with Crippen molar-refractivity contribution in [2.75, 3.05) is 19.0 Å². The number of hydrogen-bond acceptors (Lipinski definition) is 3. The van der Waals surface area contributed by atoms with Gasteiger partial charge >= 0.3 is 0 Å². The molecule has 1 rings (SSSR count). The van der Waals surface area contributed by atoms with E-state index in [0.717, 1.165) is 29.8 Å². The predicted octanol–water partition coefficient (Wildman–Crippen LogP) is 2.72. The molecule has 0 aliphatic rings. The van der Waals surface area contributed by atoms with Crippen LogP contribution in [-0.4, -0.2) is 25.6 Å². The fraction of sp³-hybridized carbons (Fsp3) is 0.533. The topological polar surface area (TPSA) is 50.4 Å². The van der Waals surface area contributed by atoms with Gasteiger partial charge in [-0.3, -0.25) is 4.79 Å². The van der Waals surface area contributed by atoms with Crippen molar-refractivity contribution in [2.24, 2.45) is 0 Å². The lowest BCUT2D eigenvalue weighted by atomic mass is 10.2. The second-order valence-corrected chi connectivity index (χ2v) is 4.64. The number of hydrogen-bond donors (Lipinski definition) is 2. The van der Waals surface area contributed by atoms with E-state index < -0.39 is 0 Å². The standard InChI is InChI=1S/C15H24N2O2/c1-5-12(6-2)17-15(18)10-16-13-9-11(3)7-8-14(13)19-4/h7-9,12,16H,5-6,10H2,1-4H3,(H,17,18). The summed E-state index contributed by atoms with van der Waals surface area (Å²) in [4.78, 5) is 11.8. The van der Waals surface area contributed by atoms with Crippen molar-refractivity contribution in [3.63, 3.8) is 0 Å². The molecule has 0 saturated heterocycles. The van der Waals surface area contributed by atoms with E-state index in [0.29, 0.717) is 0 Å². The summed E-state index contributed by atoms with van der Waals surface area (Å²) in [5.41, 5.74) is 1.98. The number of ether oxygens (including phenoxy) is 1. The van der Waals surface area contributed by atoms with Crippen molar-refractivity contribution in [3.8, 4) is 5.75 Å². The monoisotopic (exact) mass is 264 g/mol. The normalized spacial score (nSPS) is 10.4. The molecule has 0 radical (unpaired) electrons. The lowest BCUT2D eigenvalue weighted by molar-refractivity contribution is -0.120. The van der Waals surface area contributed by atoms with Gasteiger partial charge in [0.05, 0.1) is 19.3 Å². The highest BCUT2D eigenvalue weighted by atomic mass is 16.5. The largest absolute Gasteiger partial charge is 0.495 e. The lowest BCUT2D eigenvalue weighted by Crippen LogP contribution is -2.37. The van der Waals surface area contributed by atoms with Crippen molar-refractivity contribution in [1.82, 2.24) is 5.32 Å². The van der Waals surface area contributed by atoms with Gasteiger partial charge in [0.25, 0.3) is 0 Å². The van der Waals surface area contributed by atoms with E-state index in [-0.39, 0.29) is 18.5 Å². The molecule has 0 heterocycles. The van der Waals surface area contributed by atoms with Gasteiger partial charge in [-0.05, 0) is 37.5 Å². The average molecular weight is 264 g/mol. The first-order valence-electron chi connectivity index (χ1n) is 6.78. The van der Waals surface area contributed by atoms with Crippen molar-refractivity contribution >= 4 is 11.6 Å². The Labute approximate surface area is 115 Å². The number of benzene rings is 1. The Bertz CT molecular complexity index is 415. The van der Waals surface area contributed by atoms with E-state index in [1.807, 2.05) is 25.1 Å². The maximum absolute atomic E-state index is 11.8. The molecule has 2 N–H and O–H groups in total. The molecule has 1 amide bonds. The van der Waals surface area contributed by atoms with Gasteiger partial charge in [-0.25, -0.2) is 0 Å². The molecule has 1 aromatic rings. The number of aryl methyl sites for hydroxylation is 1. The van der Waals surface area contributed by atoms with Crippen LogP contribution in [-0.2, 0) is 4.79 Å². The Balaban J connectivity index is 2.56. The number of carbonyl (C=O) groups is 1. The average Bonchev–Trinajstić information content (AvgIpc) is 2.42. The van der Waals surface area contributed by atoms with Gasteiger partial charge in [-0.1, -0.05) is 19.9 Å². The molecule has 4 heteroatoms. The second kappa shape index (κ2) is 7.67. The van der Waals surface area contributed by atoms with E-state index in [9.17, 15) is 4.79 Å². The Kier molecular flexibility index (Phi) is 6.19. The number of amides is 1. The molecule has 0 fully saturated rings. The zero-order valence-corrected chi connectivity index (χ0v) is 12.2. The number of carbonyl (C=O) groups excluding carboxylic acids is 1. The van der Waals surface area contributed by atoms with Crippen molar-refractivity contribution in [2.45, 2.75) is 39.7 Å². The molecule has 0 aromatic heterocycles. The minimum atomic E-state index is 0.0114. The molecule has 4 nitrogen and oxygen atoms in total. The Morgan fingerprint density at radius 3 is 2.58 bits per heavy atom. The molecule has 0 spiro atoms. The van der Waals surface area contributed by atoms with Gasteiger partial charge in [0.15, 0.2) is 0 Å². The first kappa shape index (κ1) is 15.3. The fourth-order valence-corrected chi connectivity index (χ4v) is 1.91. The van der Waals surface area contributed by atoms with Crippen molar-refractivity contribution < 1.29 is 9.53 Å². The number of methoxy groups -OCH3 is 1. The van der Waals surface area contributed by atoms with E-state index in [1.54, 1.807) is 7.11 Å². The summed E-state index contributed by atoms with van der Waals surface area (Å²) in [6.07, 6.45) is 1.91. The van der Waals surface area contributed by atoms with E-state index in [2.05, 4.69) is 24.5 Å². The highest BCUT2D eigenvalue weighted by Gasteiger charge is 2.09. The molecule has 0 atom stereocenters. The van der Waals surface area contributed by atoms with Crippen LogP contribution in [0, 0.1) is 6.92 Å². The Morgan fingerprint density at radius 1 is 1.32 bits per heavy atom. The van der Waals surface area contributed by atoms with Gasteiger partial charge in [0.2, 0.25) is 5.91 Å². The minimum Gasteiger partial charge on any atom is -0.495 e. The van der Waals surface area contributed by atoms with E-state index in [1.165, 1.54) is 0 Å². The molecule has 19 heavy (non-hydrogen) atoms. The third-order valence-corrected chi connectivity index (χ3v) is 3.15. The summed E-state index contributed by atoms with van der Waals surface area (Å²) >= 11 is 0. The molecule has 0 bridgehead atoms. The van der Waals surface area contributed by atoms with E-state index in [4.69, 9.17) is 4.74 Å². The summed E-state index contributed by atoms with van der Waals surface area (Å²) in [5, 5.41) is 6.12. The second-order valence-electron chi connectivity index (χ2n) is 4.64. The molecule has 106 valence electrons. The first-order chi connectivity index (χ1) is 9.10. The van der Waals surface area contributed by atoms with Crippen LogP contribution in [0.4, 0.5) is 5.69 Å². The molecule has 1 aromatic carbocycles. The van der Waals surface area contributed by atoms with Crippen LogP contribution in [0.5, 0.6) is 5.75 Å². The van der Waals surface area contributed by atoms with Crippen LogP contribution in [0.2, 0.25) is 0 Å². The van der Waals surface area contributed by atoms with Gasteiger partial charge in [0.1, 0.15) is 5.75 Å². The van der Waals surface area contributed by atoms with Crippen molar-refractivity contribution in [1.29, 1.82) is 0 Å². The highest BCUT2D eigenvalue weighted by Crippen LogP contribution is 2.24. The minimum absolute atomic E-state index is 0.0114. The van der Waals surface area contributed by atoms with Crippen LogP contribution in [0.1, 0.15) is 32.3 Å². The maximum Gasteiger partial charge on any atom is 0.239 e. The van der Waals surface area contributed by atoms with E-state index >= 15 is 0 Å². The third-order valence-electron chi connectivity index (χ3n) is 3.15. The Morgan fingerprint density at radius 2 is 2.00 bits per heavy atom. The van der Waals surface area contributed by atoms with Crippen LogP contribution in [0.15, 0.2) is 18.2 Å². The fourth-order valence-electron chi connectivity index (χ4n) is 1.91. The zero-order valence-electron chi connectivity index (χ0n) is 12.2. The van der Waals surface area contributed by atoms with Gasteiger partial charge < -0.3 is 15.4 Å². The van der Waals surface area contributed by atoms with Crippen LogP contribution in [0.3, 0.4) is 0 Å². The molecule has 0 aliphatic heterocycles. The summed E-state index contributed by atoms with van der Waals surface area (Å²) in [6, 6.07) is 6.11. The highest BCUT2D eigenvalue weighted by molar-refractivity contribution is 5.81. The SMILES string of the molecule is CCC(CC)NC(=O)CNc1cc(C)ccc1OC. The number of rotatable bonds is 7. The number of nitrogens with one attached hydrogen (secondary N) is 2. The number of anilines is 1. The summed E-state index contributed by atoms with van der Waals surface area (Å²) in [7, 11) is 1.63. The van der Waals surface area contributed by atoms with Crippen LogP contribution < -0.4 is 15.4 Å². The lowest BCUT2D eigenvalue weighted by Gasteiger charge is -2.16. The van der Waals surface area contributed by atoms with Crippen LogP contribution in [0.25, 0.3) is 0 Å². The molecular weight excluding hydrogens is 240 g/mol. The molecular formula is C15H24N2O2. The summed E-state index contributed by atoms with van der Waals surface area (Å²) in [5.74, 6) is 0.762. The predicted molar refractivity (Wildman–Crippen MR) is 78.7 cm³/mol. The van der Waals surface area contributed by atoms with Gasteiger partial charge in [0, 0.05) is 6.04 Å². The molecule has 0 saturated carbocycles. The van der Waals surface area contributed by atoms with Crippen molar-refractivity contribution in [3.05, 3.63) is 23.8 Å². The molecule has 0 aliphatic carbocycles. The van der Waals surface area contributed by atoms with Gasteiger partial charge in [-0.2, -0.15) is 0 Å². The Hall–Kier alpha value is -1.71. The maximum atomic E-state index is 11.8. The summed E-state index contributed by atoms with van der Waals surface area (Å²) < 4.78 is 5.26. The first-order valence-corrected chi connectivity index (χ1v) is 6.78. The smallest absolute Gasteiger partial charge is 0.239 e. The zero-order chi connectivity index (χ0) is 14.3. The van der Waals surface area contributed by atoms with Crippen LogP contribution >= 0.6 is 0 Å². The third kappa shape index (κ3) is 4.81. The van der Waals surface area contributed by atoms with Gasteiger partial charge in [-0.15, -0.1) is 0 Å². The summed E-state index contributed by atoms with van der Waals surface area (Å²) in [6.45, 7) is 6.42.